The molecule has 0 heterocycles. The highest BCUT2D eigenvalue weighted by Gasteiger charge is 2.02. The van der Waals surface area contributed by atoms with Crippen LogP contribution in [-0.4, -0.2) is 25.4 Å². The van der Waals surface area contributed by atoms with Crippen LogP contribution in [0.2, 0.25) is 0 Å². The number of aliphatic hydroxyl groups excluding tert-OH is 1. The van der Waals surface area contributed by atoms with E-state index in [1.165, 1.54) is 0 Å². The minimum atomic E-state index is 0.000948. The van der Waals surface area contributed by atoms with Crippen molar-refractivity contribution in [2.75, 3.05) is 20.3 Å². The van der Waals surface area contributed by atoms with Gasteiger partial charge in [-0.3, -0.25) is 0 Å². The quantitative estimate of drug-likeness (QED) is 0.722. The SMILES string of the molecule is COc1cc(OCCO)ccc1CN. The highest BCUT2D eigenvalue weighted by atomic mass is 16.5. The van der Waals surface area contributed by atoms with E-state index in [4.69, 9.17) is 20.3 Å². The number of ether oxygens (including phenoxy) is 2. The van der Waals surface area contributed by atoms with Gasteiger partial charge in [0.25, 0.3) is 0 Å². The number of nitrogens with two attached hydrogens (primary N) is 1. The topological polar surface area (TPSA) is 64.7 Å². The molecule has 1 aromatic rings. The third kappa shape index (κ3) is 2.61. The van der Waals surface area contributed by atoms with E-state index < -0.39 is 0 Å². The first-order chi connectivity index (χ1) is 6.81. The maximum absolute atomic E-state index is 8.58. The minimum absolute atomic E-state index is 0.000948. The minimum Gasteiger partial charge on any atom is -0.496 e. The zero-order chi connectivity index (χ0) is 10.4. The van der Waals surface area contributed by atoms with Crippen molar-refractivity contribution in [2.24, 2.45) is 5.73 Å². The third-order valence-corrected chi connectivity index (χ3v) is 1.84. The highest BCUT2D eigenvalue weighted by Crippen LogP contribution is 2.24. The standard InChI is InChI=1S/C10H15NO3/c1-13-10-6-9(14-5-4-12)3-2-8(10)7-11/h2-3,6,12H,4-5,7,11H2,1H3. The summed E-state index contributed by atoms with van der Waals surface area (Å²) in [6.45, 7) is 0.718. The van der Waals surface area contributed by atoms with Gasteiger partial charge in [0.05, 0.1) is 13.7 Å². The summed E-state index contributed by atoms with van der Waals surface area (Å²) in [6, 6.07) is 5.42. The molecule has 4 nitrogen and oxygen atoms in total. The number of methoxy groups -OCH3 is 1. The number of hydrogen-bond acceptors (Lipinski definition) is 4. The molecule has 3 N–H and O–H groups in total. The molecule has 1 aromatic carbocycles. The lowest BCUT2D eigenvalue weighted by Gasteiger charge is -2.09. The van der Waals surface area contributed by atoms with Crippen LogP contribution in [0, 0.1) is 0 Å². The molecule has 0 aliphatic carbocycles. The number of benzene rings is 1. The fourth-order valence-corrected chi connectivity index (χ4v) is 1.15. The Kier molecular flexibility index (Phi) is 4.22. The van der Waals surface area contributed by atoms with Gasteiger partial charge in [-0.05, 0) is 6.07 Å². The Morgan fingerprint density at radius 2 is 2.21 bits per heavy atom. The van der Waals surface area contributed by atoms with Gasteiger partial charge in [0.15, 0.2) is 0 Å². The molecule has 14 heavy (non-hydrogen) atoms. The second-order valence-electron chi connectivity index (χ2n) is 2.75. The van der Waals surface area contributed by atoms with E-state index in [-0.39, 0.29) is 13.2 Å². The Labute approximate surface area is 83.3 Å². The summed E-state index contributed by atoms with van der Waals surface area (Å²) in [7, 11) is 1.59. The van der Waals surface area contributed by atoms with Gasteiger partial charge >= 0.3 is 0 Å². The van der Waals surface area contributed by atoms with Gasteiger partial charge in [0.2, 0.25) is 0 Å². The van der Waals surface area contributed by atoms with Crippen LogP contribution in [-0.2, 0) is 6.54 Å². The Morgan fingerprint density at radius 3 is 2.79 bits per heavy atom. The second-order valence-corrected chi connectivity index (χ2v) is 2.75. The van der Waals surface area contributed by atoms with E-state index >= 15 is 0 Å². The molecule has 0 radical (unpaired) electrons. The summed E-state index contributed by atoms with van der Waals surface area (Å²) in [5.74, 6) is 1.39. The van der Waals surface area contributed by atoms with Crippen LogP contribution in [0.15, 0.2) is 18.2 Å². The first-order valence-corrected chi connectivity index (χ1v) is 4.42. The lowest BCUT2D eigenvalue weighted by atomic mass is 10.2. The molecule has 0 atom stereocenters. The molecular formula is C10H15NO3. The first-order valence-electron chi connectivity index (χ1n) is 4.42. The van der Waals surface area contributed by atoms with Gasteiger partial charge in [-0.2, -0.15) is 0 Å². The average molecular weight is 197 g/mol. The van der Waals surface area contributed by atoms with E-state index in [1.807, 2.05) is 6.07 Å². The molecule has 0 aromatic heterocycles. The first kappa shape index (κ1) is 10.8. The summed E-state index contributed by atoms with van der Waals surface area (Å²) in [5, 5.41) is 8.58. The van der Waals surface area contributed by atoms with Crippen molar-refractivity contribution in [1.82, 2.24) is 0 Å². The van der Waals surface area contributed by atoms with E-state index in [9.17, 15) is 0 Å². The molecule has 1 rings (SSSR count). The van der Waals surface area contributed by atoms with Crippen molar-refractivity contribution in [3.8, 4) is 11.5 Å². The highest BCUT2D eigenvalue weighted by molar-refractivity contribution is 5.40. The van der Waals surface area contributed by atoms with E-state index in [2.05, 4.69) is 0 Å². The Morgan fingerprint density at radius 1 is 1.43 bits per heavy atom. The molecular weight excluding hydrogens is 182 g/mol. The van der Waals surface area contributed by atoms with Gasteiger partial charge in [-0.15, -0.1) is 0 Å². The zero-order valence-electron chi connectivity index (χ0n) is 8.19. The van der Waals surface area contributed by atoms with Crippen LogP contribution < -0.4 is 15.2 Å². The van der Waals surface area contributed by atoms with Crippen molar-refractivity contribution < 1.29 is 14.6 Å². The van der Waals surface area contributed by atoms with E-state index in [0.29, 0.717) is 18.0 Å². The van der Waals surface area contributed by atoms with Crippen molar-refractivity contribution in [3.63, 3.8) is 0 Å². The van der Waals surface area contributed by atoms with Gasteiger partial charge in [0.1, 0.15) is 18.1 Å². The summed E-state index contributed by atoms with van der Waals surface area (Å²) < 4.78 is 10.4. The third-order valence-electron chi connectivity index (χ3n) is 1.84. The summed E-state index contributed by atoms with van der Waals surface area (Å²) >= 11 is 0. The predicted molar refractivity (Wildman–Crippen MR) is 53.5 cm³/mol. The van der Waals surface area contributed by atoms with Gasteiger partial charge in [-0.25, -0.2) is 0 Å². The molecule has 0 fully saturated rings. The largest absolute Gasteiger partial charge is 0.496 e. The number of rotatable bonds is 5. The van der Waals surface area contributed by atoms with Gasteiger partial charge in [-0.1, -0.05) is 6.07 Å². The van der Waals surface area contributed by atoms with Crippen molar-refractivity contribution in [2.45, 2.75) is 6.54 Å². The maximum Gasteiger partial charge on any atom is 0.127 e. The molecule has 0 spiro atoms. The molecule has 0 saturated heterocycles. The summed E-state index contributed by atoms with van der Waals surface area (Å²) in [4.78, 5) is 0. The molecule has 0 aliphatic heterocycles. The Bertz CT molecular complexity index is 289. The van der Waals surface area contributed by atoms with Crippen LogP contribution in [0.4, 0.5) is 0 Å². The molecule has 0 amide bonds. The van der Waals surface area contributed by atoms with Crippen LogP contribution in [0.1, 0.15) is 5.56 Å². The van der Waals surface area contributed by atoms with Crippen LogP contribution in [0.5, 0.6) is 11.5 Å². The molecule has 78 valence electrons. The van der Waals surface area contributed by atoms with Crippen LogP contribution in [0.3, 0.4) is 0 Å². The monoisotopic (exact) mass is 197 g/mol. The fourth-order valence-electron chi connectivity index (χ4n) is 1.15. The summed E-state index contributed by atoms with van der Waals surface area (Å²) in [5.41, 5.74) is 6.45. The Balaban J connectivity index is 2.79. The molecule has 4 heteroatoms. The summed E-state index contributed by atoms with van der Waals surface area (Å²) in [6.07, 6.45) is 0. The van der Waals surface area contributed by atoms with Crippen molar-refractivity contribution in [1.29, 1.82) is 0 Å². The normalized spacial score (nSPS) is 9.93. The van der Waals surface area contributed by atoms with Crippen LogP contribution >= 0.6 is 0 Å². The molecule has 0 saturated carbocycles. The zero-order valence-corrected chi connectivity index (χ0v) is 8.19. The van der Waals surface area contributed by atoms with Crippen molar-refractivity contribution in [3.05, 3.63) is 23.8 Å². The molecule has 0 unspecified atom stereocenters. The average Bonchev–Trinajstić information content (AvgIpc) is 2.25. The number of aliphatic hydroxyl groups is 1. The van der Waals surface area contributed by atoms with E-state index in [1.54, 1.807) is 19.2 Å². The smallest absolute Gasteiger partial charge is 0.127 e. The van der Waals surface area contributed by atoms with E-state index in [0.717, 1.165) is 5.56 Å². The lowest BCUT2D eigenvalue weighted by Crippen LogP contribution is -2.03. The molecule has 0 bridgehead atoms. The maximum atomic E-state index is 8.58. The van der Waals surface area contributed by atoms with Gasteiger partial charge < -0.3 is 20.3 Å². The fraction of sp³-hybridized carbons (Fsp3) is 0.400. The Hall–Kier alpha value is -1.26. The predicted octanol–water partition coefficient (Wildman–Crippen LogP) is 0.525. The van der Waals surface area contributed by atoms with Gasteiger partial charge in [0, 0.05) is 18.2 Å². The van der Waals surface area contributed by atoms with Crippen LogP contribution in [0.25, 0.3) is 0 Å². The van der Waals surface area contributed by atoms with Crippen molar-refractivity contribution >= 4 is 0 Å². The number of hydrogen-bond donors (Lipinski definition) is 2. The second kappa shape index (κ2) is 5.47. The lowest BCUT2D eigenvalue weighted by molar-refractivity contribution is 0.201. The molecule has 0 aliphatic rings.